The molecule has 1 amide bonds. The second kappa shape index (κ2) is 13.8. The van der Waals surface area contributed by atoms with Gasteiger partial charge < -0.3 is 19.1 Å². The monoisotopic (exact) mass is 486 g/mol. The van der Waals surface area contributed by atoms with Crippen molar-refractivity contribution in [3.63, 3.8) is 0 Å². The smallest absolute Gasteiger partial charge is 0.411 e. The van der Waals surface area contributed by atoms with E-state index in [-0.39, 0.29) is 18.5 Å². The summed E-state index contributed by atoms with van der Waals surface area (Å²) >= 11 is 1.66. The molecule has 3 heterocycles. The van der Waals surface area contributed by atoms with Crippen LogP contribution in [-0.4, -0.2) is 56.2 Å². The van der Waals surface area contributed by atoms with Crippen LogP contribution in [0.15, 0.2) is 41.8 Å². The minimum Gasteiger partial charge on any atom is -0.446 e. The summed E-state index contributed by atoms with van der Waals surface area (Å²) in [6.07, 6.45) is 10.2. The Bertz CT molecular complexity index is 846. The van der Waals surface area contributed by atoms with E-state index in [1.165, 1.54) is 38.5 Å². The Kier molecular flexibility index (Phi) is 10.2. The van der Waals surface area contributed by atoms with Crippen molar-refractivity contribution in [3.8, 4) is 10.4 Å². The van der Waals surface area contributed by atoms with Crippen molar-refractivity contribution in [2.45, 2.75) is 70.2 Å². The van der Waals surface area contributed by atoms with Crippen molar-refractivity contribution >= 4 is 23.1 Å². The maximum absolute atomic E-state index is 12.5. The zero-order valence-corrected chi connectivity index (χ0v) is 20.9. The third-order valence-electron chi connectivity index (χ3n) is 6.61. The van der Waals surface area contributed by atoms with Crippen LogP contribution in [0.5, 0.6) is 0 Å². The Morgan fingerprint density at radius 3 is 2.47 bits per heavy atom. The number of rotatable bonds is 12. The first-order valence-electron chi connectivity index (χ1n) is 12.8. The molecular formula is C27H38N2O4S. The largest absolute Gasteiger partial charge is 0.446 e. The van der Waals surface area contributed by atoms with Crippen LogP contribution in [0.2, 0.25) is 0 Å². The molecule has 0 radical (unpaired) electrons. The van der Waals surface area contributed by atoms with Gasteiger partial charge >= 0.3 is 6.09 Å². The minimum atomic E-state index is -0.353. The predicted octanol–water partition coefficient (Wildman–Crippen LogP) is 6.53. The first-order chi connectivity index (χ1) is 16.8. The first-order valence-corrected chi connectivity index (χ1v) is 13.7. The van der Waals surface area contributed by atoms with Crippen molar-refractivity contribution in [1.82, 2.24) is 4.90 Å². The number of unbranched alkanes of at least 4 members (excludes halogenated alkanes) is 5. The van der Waals surface area contributed by atoms with Crippen molar-refractivity contribution in [1.29, 1.82) is 0 Å². The lowest BCUT2D eigenvalue weighted by Gasteiger charge is -2.31. The van der Waals surface area contributed by atoms with E-state index in [2.05, 4.69) is 16.3 Å². The summed E-state index contributed by atoms with van der Waals surface area (Å²) in [6.45, 7) is 4.67. The number of amides is 1. The highest BCUT2D eigenvalue weighted by molar-refractivity contribution is 7.13. The number of hydrogen-bond acceptors (Lipinski definition) is 6. The summed E-state index contributed by atoms with van der Waals surface area (Å²) in [7, 11) is 0. The third-order valence-corrected chi connectivity index (χ3v) is 7.52. The zero-order chi connectivity index (χ0) is 23.4. The number of nitrogens with zero attached hydrogens (tertiary/aromatic N) is 1. The molecule has 1 aromatic carbocycles. The lowest BCUT2D eigenvalue weighted by atomic mass is 10.1. The first kappa shape index (κ1) is 25.2. The fraction of sp³-hybridized carbons (Fsp3) is 0.593. The van der Waals surface area contributed by atoms with Gasteiger partial charge in [0.15, 0.2) is 6.29 Å². The molecule has 0 unspecified atom stereocenters. The molecule has 2 aliphatic heterocycles. The quantitative estimate of drug-likeness (QED) is 0.346. The van der Waals surface area contributed by atoms with Crippen molar-refractivity contribution in [2.24, 2.45) is 0 Å². The number of ether oxygens (including phenoxy) is 3. The molecule has 7 heteroatoms. The van der Waals surface area contributed by atoms with Gasteiger partial charge in [-0.1, -0.05) is 49.9 Å². The number of anilines is 1. The number of piperidine rings is 1. The molecule has 1 aromatic heterocycles. The summed E-state index contributed by atoms with van der Waals surface area (Å²) in [5.41, 5.74) is 1.83. The summed E-state index contributed by atoms with van der Waals surface area (Å²) < 4.78 is 16.7. The fourth-order valence-electron chi connectivity index (χ4n) is 4.71. The molecule has 186 valence electrons. The number of carbonyl (C=O) groups is 1. The summed E-state index contributed by atoms with van der Waals surface area (Å²) in [5, 5.41) is 5.00. The van der Waals surface area contributed by atoms with Gasteiger partial charge in [-0.05, 0) is 56.2 Å². The average molecular weight is 487 g/mol. The van der Waals surface area contributed by atoms with E-state index in [9.17, 15) is 4.79 Å². The van der Waals surface area contributed by atoms with Gasteiger partial charge in [0, 0.05) is 23.5 Å². The van der Waals surface area contributed by atoms with Gasteiger partial charge in [0.1, 0.15) is 6.10 Å². The SMILES string of the molecule is O=C(Nc1ccccc1-c1cccs1)OC1CCN(CCCCCCCCC2OCCO2)CC1. The van der Waals surface area contributed by atoms with E-state index in [0.29, 0.717) is 0 Å². The Morgan fingerprint density at radius 1 is 0.971 bits per heavy atom. The topological polar surface area (TPSA) is 60.0 Å². The highest BCUT2D eigenvalue weighted by atomic mass is 32.1. The van der Waals surface area contributed by atoms with Crippen LogP contribution in [-0.2, 0) is 14.2 Å². The van der Waals surface area contributed by atoms with Gasteiger partial charge in [-0.2, -0.15) is 0 Å². The molecule has 2 aromatic rings. The van der Waals surface area contributed by atoms with E-state index in [1.807, 2.05) is 35.7 Å². The van der Waals surface area contributed by atoms with Crippen LogP contribution < -0.4 is 5.32 Å². The van der Waals surface area contributed by atoms with Crippen molar-refractivity contribution < 1.29 is 19.0 Å². The minimum absolute atomic E-state index is 0.00187. The third kappa shape index (κ3) is 8.08. The molecule has 0 spiro atoms. The summed E-state index contributed by atoms with van der Waals surface area (Å²) in [5.74, 6) is 0. The van der Waals surface area contributed by atoms with Gasteiger partial charge in [-0.15, -0.1) is 11.3 Å². The van der Waals surface area contributed by atoms with Gasteiger partial charge in [-0.25, -0.2) is 4.79 Å². The molecule has 0 aliphatic carbocycles. The standard InChI is InChI=1S/C27H38N2O4S/c30-27(28-24-11-7-6-10-23(24)25-12-9-21-34-25)33-22-14-17-29(18-15-22)16-8-4-2-1-3-5-13-26-31-19-20-32-26/h6-7,9-12,21-22,26H,1-5,8,13-20H2,(H,28,30). The number of hydrogen-bond donors (Lipinski definition) is 1. The van der Waals surface area contributed by atoms with Crippen LogP contribution in [0, 0.1) is 0 Å². The van der Waals surface area contributed by atoms with E-state index < -0.39 is 0 Å². The fourth-order valence-corrected chi connectivity index (χ4v) is 5.47. The molecular weight excluding hydrogens is 448 g/mol. The van der Waals surface area contributed by atoms with E-state index in [1.54, 1.807) is 11.3 Å². The lowest BCUT2D eigenvalue weighted by molar-refractivity contribution is -0.0480. The molecule has 4 rings (SSSR count). The Balaban J connectivity index is 1.05. The Labute approximate surface area is 207 Å². The van der Waals surface area contributed by atoms with Crippen molar-refractivity contribution in [2.75, 3.05) is 38.2 Å². The molecule has 0 atom stereocenters. The highest BCUT2D eigenvalue weighted by Gasteiger charge is 2.22. The molecule has 0 saturated carbocycles. The molecule has 2 aliphatic rings. The number of para-hydroxylation sites is 1. The van der Waals surface area contributed by atoms with Crippen LogP contribution in [0.3, 0.4) is 0 Å². The second-order valence-corrected chi connectivity index (χ2v) is 10.1. The summed E-state index contributed by atoms with van der Waals surface area (Å²) in [6, 6.07) is 12.0. The van der Waals surface area contributed by atoms with Gasteiger partial charge in [0.2, 0.25) is 0 Å². The van der Waals surface area contributed by atoms with E-state index >= 15 is 0 Å². The van der Waals surface area contributed by atoms with Crippen LogP contribution in [0.1, 0.15) is 57.8 Å². The molecule has 34 heavy (non-hydrogen) atoms. The average Bonchev–Trinajstić information content (AvgIpc) is 3.57. The molecule has 1 N–H and O–H groups in total. The molecule has 0 bridgehead atoms. The van der Waals surface area contributed by atoms with Crippen LogP contribution >= 0.6 is 11.3 Å². The number of carbonyl (C=O) groups excluding carboxylic acids is 1. The molecule has 2 saturated heterocycles. The Hall–Kier alpha value is -1.93. The number of thiophene rings is 1. The number of benzene rings is 1. The summed E-state index contributed by atoms with van der Waals surface area (Å²) in [4.78, 5) is 16.2. The Morgan fingerprint density at radius 2 is 1.71 bits per heavy atom. The maximum atomic E-state index is 12.5. The highest BCUT2D eigenvalue weighted by Crippen LogP contribution is 2.31. The normalized spacial score (nSPS) is 17.8. The number of nitrogens with one attached hydrogen (secondary N) is 1. The predicted molar refractivity (Wildman–Crippen MR) is 137 cm³/mol. The maximum Gasteiger partial charge on any atom is 0.411 e. The number of likely N-dealkylation sites (tertiary alicyclic amines) is 1. The van der Waals surface area contributed by atoms with Crippen LogP contribution in [0.25, 0.3) is 10.4 Å². The van der Waals surface area contributed by atoms with Gasteiger partial charge in [0.05, 0.1) is 18.9 Å². The zero-order valence-electron chi connectivity index (χ0n) is 20.1. The van der Waals surface area contributed by atoms with Crippen LogP contribution in [0.4, 0.5) is 10.5 Å². The van der Waals surface area contributed by atoms with E-state index in [0.717, 1.165) is 68.2 Å². The van der Waals surface area contributed by atoms with Gasteiger partial charge in [-0.3, -0.25) is 5.32 Å². The van der Waals surface area contributed by atoms with E-state index in [4.69, 9.17) is 14.2 Å². The lowest BCUT2D eigenvalue weighted by Crippen LogP contribution is -2.38. The second-order valence-electron chi connectivity index (χ2n) is 9.18. The molecule has 2 fully saturated rings. The molecule has 6 nitrogen and oxygen atoms in total. The van der Waals surface area contributed by atoms with Gasteiger partial charge in [0.25, 0.3) is 0 Å². The van der Waals surface area contributed by atoms with Crippen molar-refractivity contribution in [3.05, 3.63) is 41.8 Å².